The number of carbonyl (C=O) groups excluding carboxylic acids is 1. The average molecular weight is 539 g/mol. The number of hydrogen-bond acceptors (Lipinski definition) is 6. The predicted molar refractivity (Wildman–Crippen MR) is 134 cm³/mol. The van der Waals surface area contributed by atoms with E-state index >= 15 is 0 Å². The summed E-state index contributed by atoms with van der Waals surface area (Å²) in [5, 5.41) is 9.08. The maximum absolute atomic E-state index is 12.4. The minimum absolute atomic E-state index is 0.157. The Morgan fingerprint density at radius 3 is 2.31 bits per heavy atom. The number of aromatic nitrogens is 1. The van der Waals surface area contributed by atoms with Crippen LogP contribution in [0.5, 0.6) is 5.75 Å². The first-order valence-electron chi connectivity index (χ1n) is 11.0. The van der Waals surface area contributed by atoms with E-state index < -0.39 is 12.1 Å². The number of alkyl halides is 3. The highest BCUT2D eigenvalue weighted by Crippen LogP contribution is 2.25. The van der Waals surface area contributed by atoms with Crippen LogP contribution in [0.4, 0.5) is 13.2 Å². The average Bonchev–Trinajstić information content (AvgIpc) is 3.43. The fraction of sp³-hybridized carbons (Fsp3) is 0.320. The van der Waals surface area contributed by atoms with Crippen molar-refractivity contribution in [1.29, 1.82) is 0 Å². The number of benzene rings is 1. The highest BCUT2D eigenvalue weighted by molar-refractivity contribution is 7.98. The zero-order valence-electron chi connectivity index (χ0n) is 19.4. The van der Waals surface area contributed by atoms with E-state index in [2.05, 4.69) is 35.5 Å². The molecule has 36 heavy (non-hydrogen) atoms. The molecule has 4 rings (SSSR count). The molecule has 0 atom stereocenters. The van der Waals surface area contributed by atoms with Crippen molar-refractivity contribution in [1.82, 2.24) is 9.88 Å². The molecule has 0 bridgehead atoms. The van der Waals surface area contributed by atoms with Crippen LogP contribution in [-0.2, 0) is 4.79 Å². The second-order valence-electron chi connectivity index (χ2n) is 7.93. The molecular weight excluding hydrogens is 513 g/mol. The van der Waals surface area contributed by atoms with Crippen LogP contribution in [0.3, 0.4) is 0 Å². The summed E-state index contributed by atoms with van der Waals surface area (Å²) in [4.78, 5) is 29.9. The minimum Gasteiger partial charge on any atom is -0.492 e. The molecule has 0 spiro atoms. The third-order valence-corrected chi connectivity index (χ3v) is 7.09. The molecule has 1 saturated heterocycles. The van der Waals surface area contributed by atoms with Crippen LogP contribution in [0, 0.1) is 5.92 Å². The summed E-state index contributed by atoms with van der Waals surface area (Å²) in [6.07, 6.45) is 0.743. The van der Waals surface area contributed by atoms with Crippen molar-refractivity contribution in [3.8, 4) is 17.0 Å². The lowest BCUT2D eigenvalue weighted by molar-refractivity contribution is -0.192. The van der Waals surface area contributed by atoms with Crippen LogP contribution in [0.1, 0.15) is 22.5 Å². The van der Waals surface area contributed by atoms with Gasteiger partial charge in [-0.25, -0.2) is 4.79 Å². The number of rotatable bonds is 6. The monoisotopic (exact) mass is 538 g/mol. The zero-order chi connectivity index (χ0) is 26.1. The predicted octanol–water partition coefficient (Wildman–Crippen LogP) is 6.10. The molecule has 1 fully saturated rings. The lowest BCUT2D eigenvalue weighted by Gasteiger charge is -2.31. The fourth-order valence-electron chi connectivity index (χ4n) is 3.47. The van der Waals surface area contributed by atoms with Crippen molar-refractivity contribution in [2.75, 3.05) is 26.0 Å². The van der Waals surface area contributed by atoms with Gasteiger partial charge >= 0.3 is 12.1 Å². The number of thioether (sulfide) groups is 1. The Hall–Kier alpha value is -3.05. The van der Waals surface area contributed by atoms with E-state index in [1.165, 1.54) is 16.2 Å². The smallest absolute Gasteiger partial charge is 0.490 e. The number of hydrogen-bond donors (Lipinski definition) is 1. The molecule has 1 N–H and O–H groups in total. The summed E-state index contributed by atoms with van der Waals surface area (Å²) in [7, 11) is 0. The number of thiophene rings is 1. The number of pyridine rings is 1. The molecule has 1 aromatic carbocycles. The van der Waals surface area contributed by atoms with Gasteiger partial charge in [-0.15, -0.1) is 23.1 Å². The van der Waals surface area contributed by atoms with Gasteiger partial charge in [-0.05, 0) is 60.7 Å². The van der Waals surface area contributed by atoms with Gasteiger partial charge in [-0.3, -0.25) is 9.78 Å². The number of halogens is 3. The number of ether oxygens (including phenoxy) is 1. The zero-order valence-corrected chi connectivity index (χ0v) is 21.0. The molecule has 1 aliphatic heterocycles. The largest absolute Gasteiger partial charge is 0.492 e. The number of carboxylic acid groups (broad SMARTS) is 1. The van der Waals surface area contributed by atoms with Crippen molar-refractivity contribution in [2.45, 2.75) is 23.9 Å². The van der Waals surface area contributed by atoms with Gasteiger partial charge in [0.2, 0.25) is 0 Å². The Kier molecular flexibility index (Phi) is 9.77. The van der Waals surface area contributed by atoms with Crippen LogP contribution in [0.15, 0.2) is 65.0 Å². The molecular formula is C25H25F3N2O4S2. The van der Waals surface area contributed by atoms with Crippen LogP contribution in [-0.4, -0.2) is 59.0 Å². The Morgan fingerprint density at radius 1 is 1.14 bits per heavy atom. The van der Waals surface area contributed by atoms with E-state index in [0.29, 0.717) is 12.5 Å². The molecule has 0 unspecified atom stereocenters. The van der Waals surface area contributed by atoms with Crippen LogP contribution < -0.4 is 4.74 Å². The fourth-order valence-corrected chi connectivity index (χ4v) is 4.57. The number of aliphatic carboxylic acids is 1. The van der Waals surface area contributed by atoms with E-state index in [1.807, 2.05) is 34.5 Å². The standard InChI is InChI=1S/C23H24N2O2S2.C2HF3O2/c1-28-20-7-4-18(5-8-20)21-9-6-19(15-24-21)27-16-17-10-12-25(13-11-17)23(26)22-3-2-14-29-22;3-2(4,5)1(6)7/h2-9,14-15,17H,10-13,16H2,1H3;(H,6,7). The van der Waals surface area contributed by atoms with Gasteiger partial charge in [0.1, 0.15) is 5.75 Å². The molecule has 3 heterocycles. The van der Waals surface area contributed by atoms with E-state index in [1.54, 1.807) is 18.0 Å². The second kappa shape index (κ2) is 12.8. The Morgan fingerprint density at radius 2 is 1.81 bits per heavy atom. The van der Waals surface area contributed by atoms with Crippen molar-refractivity contribution >= 4 is 35.0 Å². The summed E-state index contributed by atoms with van der Waals surface area (Å²) in [5.41, 5.74) is 2.06. The molecule has 1 aliphatic rings. The molecule has 1 amide bonds. The molecule has 6 nitrogen and oxygen atoms in total. The van der Waals surface area contributed by atoms with Crippen molar-refractivity contribution < 1.29 is 32.6 Å². The Bertz CT molecular complexity index is 1110. The lowest BCUT2D eigenvalue weighted by atomic mass is 9.97. The topological polar surface area (TPSA) is 79.7 Å². The van der Waals surface area contributed by atoms with Crippen LogP contribution >= 0.6 is 23.1 Å². The van der Waals surface area contributed by atoms with Gasteiger partial charge in [0.25, 0.3) is 5.91 Å². The number of amides is 1. The molecule has 2 aromatic heterocycles. The summed E-state index contributed by atoms with van der Waals surface area (Å²) >= 11 is 3.24. The number of likely N-dealkylation sites (tertiary alicyclic amines) is 1. The maximum Gasteiger partial charge on any atom is 0.490 e. The quantitative estimate of drug-likeness (QED) is 0.382. The molecule has 3 aromatic rings. The summed E-state index contributed by atoms with van der Waals surface area (Å²) in [6, 6.07) is 16.2. The highest BCUT2D eigenvalue weighted by atomic mass is 32.2. The van der Waals surface area contributed by atoms with Crippen molar-refractivity contribution in [2.24, 2.45) is 5.92 Å². The van der Waals surface area contributed by atoms with Crippen molar-refractivity contribution in [3.05, 3.63) is 65.0 Å². The number of nitrogens with zero attached hydrogens (tertiary/aromatic N) is 2. The Labute approximate surface area is 215 Å². The number of carboxylic acids is 1. The third-order valence-electron chi connectivity index (χ3n) is 5.48. The van der Waals surface area contributed by atoms with Gasteiger partial charge < -0.3 is 14.7 Å². The molecule has 0 radical (unpaired) electrons. The molecule has 0 aliphatic carbocycles. The highest BCUT2D eigenvalue weighted by Gasteiger charge is 2.38. The van der Waals surface area contributed by atoms with Crippen molar-refractivity contribution in [3.63, 3.8) is 0 Å². The molecule has 192 valence electrons. The number of piperidine rings is 1. The maximum atomic E-state index is 12.4. The Balaban J connectivity index is 0.000000454. The first-order valence-corrected chi connectivity index (χ1v) is 13.1. The second-order valence-corrected chi connectivity index (χ2v) is 9.76. The van der Waals surface area contributed by atoms with E-state index in [4.69, 9.17) is 14.6 Å². The first kappa shape index (κ1) is 27.5. The molecule has 0 saturated carbocycles. The third kappa shape index (κ3) is 7.99. The SMILES string of the molecule is CSc1ccc(-c2ccc(OCC3CCN(C(=O)c4cccs4)CC3)cn2)cc1.O=C(O)C(F)(F)F. The van der Waals surface area contributed by atoms with Gasteiger partial charge in [-0.2, -0.15) is 13.2 Å². The summed E-state index contributed by atoms with van der Waals surface area (Å²) < 4.78 is 37.7. The van der Waals surface area contributed by atoms with E-state index in [0.717, 1.165) is 47.8 Å². The van der Waals surface area contributed by atoms with Gasteiger partial charge in [0, 0.05) is 23.5 Å². The molecule has 11 heteroatoms. The van der Waals surface area contributed by atoms with Gasteiger partial charge in [0.15, 0.2) is 0 Å². The minimum atomic E-state index is -5.08. The first-order chi connectivity index (χ1) is 17.2. The summed E-state index contributed by atoms with van der Waals surface area (Å²) in [5.74, 6) is -1.33. The van der Waals surface area contributed by atoms with Crippen LogP contribution in [0.2, 0.25) is 0 Å². The van der Waals surface area contributed by atoms with Gasteiger partial charge in [-0.1, -0.05) is 18.2 Å². The van der Waals surface area contributed by atoms with E-state index in [-0.39, 0.29) is 5.91 Å². The van der Waals surface area contributed by atoms with Crippen LogP contribution in [0.25, 0.3) is 11.3 Å². The number of carbonyl (C=O) groups is 2. The lowest BCUT2D eigenvalue weighted by Crippen LogP contribution is -2.39. The van der Waals surface area contributed by atoms with E-state index in [9.17, 15) is 18.0 Å². The van der Waals surface area contributed by atoms with Gasteiger partial charge in [0.05, 0.1) is 23.4 Å². The summed E-state index contributed by atoms with van der Waals surface area (Å²) in [6.45, 7) is 2.27. The normalized spacial score (nSPS) is 14.1.